The minimum Gasteiger partial charge on any atom is -0.516 e. The maximum atomic E-state index is 10.3. The van der Waals surface area contributed by atoms with Crippen LogP contribution in [0.5, 0.6) is 0 Å². The molecule has 0 amide bonds. The molecule has 0 bridgehead atoms. The van der Waals surface area contributed by atoms with Crippen LogP contribution >= 0.6 is 0 Å². The second-order valence-electron chi connectivity index (χ2n) is 9.36. The standard InChI is InChI=1S/C21H34O2/c1-20-11-3-2-4-15(20)5-7-17-18(20)9-12-21(14-23)16(10-13-22)6-8-19(17)21/h10,13,15-19,22-23H,2-9,11-12,14H2,1H3/t15?,16-,17-,18+,19+,20+,21+/m1/s1. The minimum atomic E-state index is 0.0677. The van der Waals surface area contributed by atoms with Gasteiger partial charge in [0.05, 0.1) is 6.26 Å². The SMILES string of the molecule is C[C@]12CCCCC1CC[C@H]1[C@@H]3CC[C@H](C=CO)[C@@]3(CO)CC[C@@H]12. The van der Waals surface area contributed by atoms with Gasteiger partial charge in [-0.1, -0.05) is 19.8 Å². The first-order valence-corrected chi connectivity index (χ1v) is 10.1. The summed E-state index contributed by atoms with van der Waals surface area (Å²) < 4.78 is 0. The minimum absolute atomic E-state index is 0.0677. The number of allylic oxidation sites excluding steroid dienone is 1. The molecule has 0 heterocycles. The first-order chi connectivity index (χ1) is 11.2. The average Bonchev–Trinajstić information content (AvgIpc) is 2.94. The Morgan fingerprint density at radius 2 is 1.83 bits per heavy atom. The zero-order valence-electron chi connectivity index (χ0n) is 14.7. The summed E-state index contributed by atoms with van der Waals surface area (Å²) in [5.74, 6) is 3.76. The second kappa shape index (κ2) is 5.79. The topological polar surface area (TPSA) is 40.5 Å². The van der Waals surface area contributed by atoms with E-state index < -0.39 is 0 Å². The van der Waals surface area contributed by atoms with Crippen molar-refractivity contribution < 1.29 is 10.2 Å². The van der Waals surface area contributed by atoms with Gasteiger partial charge in [0.25, 0.3) is 0 Å². The third kappa shape index (κ3) is 2.16. The van der Waals surface area contributed by atoms with Crippen LogP contribution in [0.15, 0.2) is 12.3 Å². The number of aliphatic hydroxyl groups is 2. The molecule has 4 aliphatic carbocycles. The largest absolute Gasteiger partial charge is 0.516 e. The Kier molecular flexibility index (Phi) is 4.03. The van der Waals surface area contributed by atoms with Crippen molar-refractivity contribution in [2.45, 2.75) is 71.1 Å². The van der Waals surface area contributed by atoms with Gasteiger partial charge < -0.3 is 10.2 Å². The highest BCUT2D eigenvalue weighted by molar-refractivity contribution is 5.12. The van der Waals surface area contributed by atoms with E-state index in [0.29, 0.717) is 23.9 Å². The molecule has 2 heteroatoms. The van der Waals surface area contributed by atoms with Crippen LogP contribution in [-0.2, 0) is 0 Å². The molecule has 4 rings (SSSR count). The summed E-state index contributed by atoms with van der Waals surface area (Å²) in [6.07, 6.45) is 16.7. The lowest BCUT2D eigenvalue weighted by molar-refractivity contribution is -0.124. The van der Waals surface area contributed by atoms with Gasteiger partial charge in [-0.05, 0) is 92.4 Å². The van der Waals surface area contributed by atoms with Crippen molar-refractivity contribution in [2.75, 3.05) is 6.61 Å². The summed E-state index contributed by atoms with van der Waals surface area (Å²) in [5, 5.41) is 19.6. The lowest BCUT2D eigenvalue weighted by Gasteiger charge is -2.60. The molecule has 23 heavy (non-hydrogen) atoms. The highest BCUT2D eigenvalue weighted by Gasteiger charge is 2.60. The Hall–Kier alpha value is -0.500. The number of hydrogen-bond acceptors (Lipinski definition) is 2. The Morgan fingerprint density at radius 1 is 0.957 bits per heavy atom. The van der Waals surface area contributed by atoms with Crippen LogP contribution in [0.1, 0.15) is 71.1 Å². The van der Waals surface area contributed by atoms with E-state index in [0.717, 1.165) is 24.2 Å². The van der Waals surface area contributed by atoms with Gasteiger partial charge in [0.15, 0.2) is 0 Å². The lowest BCUT2D eigenvalue weighted by atomic mass is 9.44. The second-order valence-corrected chi connectivity index (χ2v) is 9.36. The zero-order valence-corrected chi connectivity index (χ0v) is 14.7. The molecule has 4 fully saturated rings. The van der Waals surface area contributed by atoms with Gasteiger partial charge in [0, 0.05) is 12.0 Å². The van der Waals surface area contributed by atoms with Gasteiger partial charge in [-0.2, -0.15) is 0 Å². The Labute approximate surface area is 141 Å². The van der Waals surface area contributed by atoms with Crippen molar-refractivity contribution >= 4 is 0 Å². The Balaban J connectivity index is 1.64. The van der Waals surface area contributed by atoms with Crippen molar-refractivity contribution in [1.29, 1.82) is 0 Å². The van der Waals surface area contributed by atoms with E-state index in [-0.39, 0.29) is 5.41 Å². The summed E-state index contributed by atoms with van der Waals surface area (Å²) in [6.45, 7) is 2.93. The molecule has 7 atom stereocenters. The van der Waals surface area contributed by atoms with Crippen molar-refractivity contribution in [3.05, 3.63) is 12.3 Å². The molecule has 0 saturated heterocycles. The molecule has 130 valence electrons. The number of rotatable bonds is 2. The summed E-state index contributed by atoms with van der Waals surface area (Å²) in [7, 11) is 0. The molecule has 0 aliphatic heterocycles. The summed E-state index contributed by atoms with van der Waals surface area (Å²) >= 11 is 0. The van der Waals surface area contributed by atoms with Crippen molar-refractivity contribution in [3.8, 4) is 0 Å². The first kappa shape index (κ1) is 16.0. The molecule has 2 N–H and O–H groups in total. The van der Waals surface area contributed by atoms with E-state index in [9.17, 15) is 10.2 Å². The number of aliphatic hydroxyl groups excluding tert-OH is 2. The lowest BCUT2D eigenvalue weighted by Crippen LogP contribution is -2.54. The van der Waals surface area contributed by atoms with Gasteiger partial charge in [0.1, 0.15) is 0 Å². The highest BCUT2D eigenvalue weighted by Crippen LogP contribution is 2.67. The van der Waals surface area contributed by atoms with Crippen LogP contribution in [0.25, 0.3) is 0 Å². The molecule has 4 aliphatic rings. The number of fused-ring (bicyclic) bond motifs is 5. The third-order valence-electron chi connectivity index (χ3n) is 8.98. The summed E-state index contributed by atoms with van der Waals surface area (Å²) in [6, 6.07) is 0. The van der Waals surface area contributed by atoms with E-state index >= 15 is 0 Å². The van der Waals surface area contributed by atoms with E-state index in [1.165, 1.54) is 64.0 Å². The Morgan fingerprint density at radius 3 is 2.61 bits per heavy atom. The molecular weight excluding hydrogens is 284 g/mol. The van der Waals surface area contributed by atoms with Gasteiger partial charge in [-0.15, -0.1) is 0 Å². The van der Waals surface area contributed by atoms with Crippen molar-refractivity contribution in [2.24, 2.45) is 40.4 Å². The summed E-state index contributed by atoms with van der Waals surface area (Å²) in [5.41, 5.74) is 0.645. The van der Waals surface area contributed by atoms with Crippen LogP contribution in [0, 0.1) is 40.4 Å². The molecule has 0 aromatic rings. The van der Waals surface area contributed by atoms with Crippen LogP contribution in [-0.4, -0.2) is 16.8 Å². The fourth-order valence-corrected chi connectivity index (χ4v) is 7.85. The molecular formula is C21H34O2. The van der Waals surface area contributed by atoms with E-state index in [4.69, 9.17) is 0 Å². The smallest absolute Gasteiger partial charge is 0.0754 e. The molecule has 0 aromatic heterocycles. The molecule has 0 spiro atoms. The van der Waals surface area contributed by atoms with Gasteiger partial charge >= 0.3 is 0 Å². The van der Waals surface area contributed by atoms with Crippen molar-refractivity contribution in [1.82, 2.24) is 0 Å². The molecule has 4 saturated carbocycles. The maximum absolute atomic E-state index is 10.3. The van der Waals surface area contributed by atoms with Crippen LogP contribution in [0.3, 0.4) is 0 Å². The normalized spacial score (nSPS) is 52.9. The number of hydrogen-bond donors (Lipinski definition) is 2. The van der Waals surface area contributed by atoms with Crippen LogP contribution < -0.4 is 0 Å². The van der Waals surface area contributed by atoms with E-state index in [2.05, 4.69) is 6.92 Å². The molecule has 0 radical (unpaired) electrons. The van der Waals surface area contributed by atoms with Gasteiger partial charge in [-0.25, -0.2) is 0 Å². The molecule has 0 aromatic carbocycles. The van der Waals surface area contributed by atoms with Gasteiger partial charge in [-0.3, -0.25) is 0 Å². The molecule has 1 unspecified atom stereocenters. The quantitative estimate of drug-likeness (QED) is 0.697. The predicted molar refractivity (Wildman–Crippen MR) is 93.0 cm³/mol. The third-order valence-corrected chi connectivity index (χ3v) is 8.98. The fourth-order valence-electron chi connectivity index (χ4n) is 7.85. The van der Waals surface area contributed by atoms with E-state index in [1.54, 1.807) is 0 Å². The maximum Gasteiger partial charge on any atom is 0.0754 e. The van der Waals surface area contributed by atoms with Crippen LogP contribution in [0.4, 0.5) is 0 Å². The predicted octanol–water partition coefficient (Wildman–Crippen LogP) is 5.08. The van der Waals surface area contributed by atoms with Crippen LogP contribution in [0.2, 0.25) is 0 Å². The van der Waals surface area contributed by atoms with E-state index in [1.807, 2.05) is 6.08 Å². The average molecular weight is 319 g/mol. The highest BCUT2D eigenvalue weighted by atomic mass is 16.3. The Bertz CT molecular complexity index is 472. The summed E-state index contributed by atoms with van der Waals surface area (Å²) in [4.78, 5) is 0. The monoisotopic (exact) mass is 318 g/mol. The fraction of sp³-hybridized carbons (Fsp3) is 0.905. The zero-order chi connectivity index (χ0) is 16.1. The van der Waals surface area contributed by atoms with Crippen molar-refractivity contribution in [3.63, 3.8) is 0 Å². The van der Waals surface area contributed by atoms with Gasteiger partial charge in [0.2, 0.25) is 0 Å². The molecule has 2 nitrogen and oxygen atoms in total. The first-order valence-electron chi connectivity index (χ1n) is 10.1.